The standard InChI is InChI=1S/C14H19N5O/c1-10-7-11(14(15)18-20)3-4-12(10)8-16-9-13-5-6-17-19(13)2/h3-7,16,20H,8-9H2,1-2H3,(H2,15,18). The lowest BCUT2D eigenvalue weighted by molar-refractivity contribution is 0.318. The van der Waals surface area contributed by atoms with Crippen LogP contribution in [0.25, 0.3) is 0 Å². The Hall–Kier alpha value is -2.34. The fraction of sp³-hybridized carbons (Fsp3) is 0.286. The molecule has 1 aromatic heterocycles. The Bertz CT molecular complexity index is 618. The van der Waals surface area contributed by atoms with Crippen LogP contribution in [-0.4, -0.2) is 20.8 Å². The van der Waals surface area contributed by atoms with Crippen molar-refractivity contribution in [2.24, 2.45) is 17.9 Å². The predicted octanol–water partition coefficient (Wildman–Crippen LogP) is 1.11. The monoisotopic (exact) mass is 273 g/mol. The first-order valence-corrected chi connectivity index (χ1v) is 6.37. The van der Waals surface area contributed by atoms with Gasteiger partial charge in [-0.3, -0.25) is 4.68 Å². The molecule has 0 aliphatic carbocycles. The van der Waals surface area contributed by atoms with Gasteiger partial charge in [-0.25, -0.2) is 0 Å². The summed E-state index contributed by atoms with van der Waals surface area (Å²) in [6, 6.07) is 7.74. The molecule has 0 spiro atoms. The van der Waals surface area contributed by atoms with Crippen LogP contribution in [-0.2, 0) is 20.1 Å². The molecule has 1 aromatic carbocycles. The highest BCUT2D eigenvalue weighted by molar-refractivity contribution is 5.97. The van der Waals surface area contributed by atoms with Crippen molar-refractivity contribution < 1.29 is 5.21 Å². The van der Waals surface area contributed by atoms with E-state index in [1.807, 2.05) is 42.9 Å². The van der Waals surface area contributed by atoms with Gasteiger partial charge in [0.05, 0.1) is 5.69 Å². The maximum absolute atomic E-state index is 8.66. The quantitative estimate of drug-likeness (QED) is 0.329. The molecule has 0 bridgehead atoms. The molecule has 0 aliphatic rings. The maximum Gasteiger partial charge on any atom is 0.170 e. The first kappa shape index (κ1) is 14.1. The number of hydrogen-bond donors (Lipinski definition) is 3. The van der Waals surface area contributed by atoms with E-state index in [-0.39, 0.29) is 5.84 Å². The molecule has 0 fully saturated rings. The van der Waals surface area contributed by atoms with Crippen molar-refractivity contribution in [1.29, 1.82) is 0 Å². The van der Waals surface area contributed by atoms with Crippen molar-refractivity contribution in [2.75, 3.05) is 0 Å². The minimum atomic E-state index is 0.127. The number of oxime groups is 1. The van der Waals surface area contributed by atoms with Gasteiger partial charge in [-0.15, -0.1) is 0 Å². The fourth-order valence-corrected chi connectivity index (χ4v) is 2.01. The number of rotatable bonds is 5. The predicted molar refractivity (Wildman–Crippen MR) is 77.4 cm³/mol. The minimum Gasteiger partial charge on any atom is -0.409 e. The summed E-state index contributed by atoms with van der Waals surface area (Å²) in [6.07, 6.45) is 1.79. The summed E-state index contributed by atoms with van der Waals surface area (Å²) in [4.78, 5) is 0. The second-order valence-electron chi connectivity index (χ2n) is 4.68. The van der Waals surface area contributed by atoms with Crippen LogP contribution in [0.15, 0.2) is 35.6 Å². The van der Waals surface area contributed by atoms with Gasteiger partial charge in [0.25, 0.3) is 0 Å². The Balaban J connectivity index is 1.98. The molecule has 0 amide bonds. The zero-order chi connectivity index (χ0) is 14.5. The Morgan fingerprint density at radius 2 is 2.20 bits per heavy atom. The molecule has 0 radical (unpaired) electrons. The number of nitrogens with one attached hydrogen (secondary N) is 1. The Morgan fingerprint density at radius 1 is 1.40 bits per heavy atom. The van der Waals surface area contributed by atoms with E-state index in [0.717, 1.165) is 29.9 Å². The normalized spacial score (nSPS) is 11.8. The largest absolute Gasteiger partial charge is 0.409 e. The van der Waals surface area contributed by atoms with Crippen molar-refractivity contribution in [2.45, 2.75) is 20.0 Å². The van der Waals surface area contributed by atoms with Crippen LogP contribution in [0.2, 0.25) is 0 Å². The first-order valence-electron chi connectivity index (χ1n) is 6.37. The third-order valence-corrected chi connectivity index (χ3v) is 3.29. The second kappa shape index (κ2) is 6.21. The summed E-state index contributed by atoms with van der Waals surface area (Å²) in [5.41, 5.74) is 9.71. The number of nitrogens with zero attached hydrogens (tertiary/aromatic N) is 3. The van der Waals surface area contributed by atoms with Gasteiger partial charge in [-0.05, 0) is 30.2 Å². The molecule has 0 saturated heterocycles. The van der Waals surface area contributed by atoms with Crippen LogP contribution < -0.4 is 11.1 Å². The lowest BCUT2D eigenvalue weighted by Gasteiger charge is -2.09. The highest BCUT2D eigenvalue weighted by Crippen LogP contribution is 2.11. The minimum absolute atomic E-state index is 0.127. The van der Waals surface area contributed by atoms with Crippen LogP contribution >= 0.6 is 0 Å². The smallest absolute Gasteiger partial charge is 0.170 e. The van der Waals surface area contributed by atoms with E-state index in [2.05, 4.69) is 15.6 Å². The highest BCUT2D eigenvalue weighted by atomic mass is 16.4. The first-order chi connectivity index (χ1) is 9.61. The molecular weight excluding hydrogens is 254 g/mol. The van der Waals surface area contributed by atoms with Gasteiger partial charge in [0, 0.05) is 31.9 Å². The third kappa shape index (κ3) is 3.16. The average Bonchev–Trinajstić information content (AvgIpc) is 2.85. The van der Waals surface area contributed by atoms with Crippen LogP contribution in [0.3, 0.4) is 0 Å². The molecule has 6 nitrogen and oxygen atoms in total. The maximum atomic E-state index is 8.66. The van der Waals surface area contributed by atoms with Crippen molar-refractivity contribution >= 4 is 5.84 Å². The van der Waals surface area contributed by atoms with E-state index in [9.17, 15) is 0 Å². The highest BCUT2D eigenvalue weighted by Gasteiger charge is 2.04. The number of aryl methyl sites for hydroxylation is 2. The molecule has 0 atom stereocenters. The van der Waals surface area contributed by atoms with Crippen molar-refractivity contribution in [3.05, 3.63) is 52.8 Å². The number of amidine groups is 1. The molecule has 0 aliphatic heterocycles. The summed E-state index contributed by atoms with van der Waals surface area (Å²) in [6.45, 7) is 3.53. The van der Waals surface area contributed by atoms with E-state index >= 15 is 0 Å². The molecule has 6 heteroatoms. The number of benzene rings is 1. The van der Waals surface area contributed by atoms with Crippen LogP contribution in [0, 0.1) is 6.92 Å². The Morgan fingerprint density at radius 3 is 2.80 bits per heavy atom. The van der Waals surface area contributed by atoms with Gasteiger partial charge in [0.15, 0.2) is 5.84 Å². The average molecular weight is 273 g/mol. The number of nitrogens with two attached hydrogens (primary N) is 1. The van der Waals surface area contributed by atoms with Gasteiger partial charge >= 0.3 is 0 Å². The Labute approximate surface area is 117 Å². The van der Waals surface area contributed by atoms with Crippen molar-refractivity contribution in [1.82, 2.24) is 15.1 Å². The molecule has 20 heavy (non-hydrogen) atoms. The zero-order valence-electron chi connectivity index (χ0n) is 11.7. The van der Waals surface area contributed by atoms with E-state index in [1.165, 1.54) is 5.56 Å². The summed E-state index contributed by atoms with van der Waals surface area (Å²) >= 11 is 0. The molecule has 106 valence electrons. The van der Waals surface area contributed by atoms with E-state index < -0.39 is 0 Å². The lowest BCUT2D eigenvalue weighted by atomic mass is 10.0. The Kier molecular flexibility index (Phi) is 4.37. The van der Waals surface area contributed by atoms with E-state index in [0.29, 0.717) is 0 Å². The van der Waals surface area contributed by atoms with Crippen LogP contribution in [0.1, 0.15) is 22.4 Å². The van der Waals surface area contributed by atoms with Crippen molar-refractivity contribution in [3.63, 3.8) is 0 Å². The van der Waals surface area contributed by atoms with E-state index in [4.69, 9.17) is 10.9 Å². The second-order valence-corrected chi connectivity index (χ2v) is 4.68. The summed E-state index contributed by atoms with van der Waals surface area (Å²) in [5, 5.41) is 19.2. The van der Waals surface area contributed by atoms with Crippen LogP contribution in [0.4, 0.5) is 0 Å². The summed E-state index contributed by atoms with van der Waals surface area (Å²) < 4.78 is 1.85. The van der Waals surface area contributed by atoms with Gasteiger partial charge in [-0.1, -0.05) is 17.3 Å². The molecule has 0 unspecified atom stereocenters. The molecule has 4 N–H and O–H groups in total. The fourth-order valence-electron chi connectivity index (χ4n) is 2.01. The lowest BCUT2D eigenvalue weighted by Crippen LogP contribution is -2.17. The van der Waals surface area contributed by atoms with Gasteiger partial charge in [0.2, 0.25) is 0 Å². The zero-order valence-corrected chi connectivity index (χ0v) is 11.7. The van der Waals surface area contributed by atoms with Gasteiger partial charge < -0.3 is 16.3 Å². The molecule has 2 rings (SSSR count). The molecule has 2 aromatic rings. The molecule has 0 saturated carbocycles. The number of aromatic nitrogens is 2. The number of hydrogen-bond acceptors (Lipinski definition) is 4. The van der Waals surface area contributed by atoms with Gasteiger partial charge in [0.1, 0.15) is 0 Å². The third-order valence-electron chi connectivity index (χ3n) is 3.29. The topological polar surface area (TPSA) is 88.5 Å². The van der Waals surface area contributed by atoms with E-state index in [1.54, 1.807) is 6.20 Å². The summed E-state index contributed by atoms with van der Waals surface area (Å²) in [7, 11) is 1.92. The SMILES string of the molecule is Cc1cc(/C(N)=N/O)ccc1CNCc1ccnn1C. The molecular formula is C14H19N5O. The van der Waals surface area contributed by atoms with Gasteiger partial charge in [-0.2, -0.15) is 5.10 Å². The van der Waals surface area contributed by atoms with Crippen LogP contribution in [0.5, 0.6) is 0 Å². The molecule has 1 heterocycles. The summed E-state index contributed by atoms with van der Waals surface area (Å²) in [5.74, 6) is 0.127. The van der Waals surface area contributed by atoms with Crippen molar-refractivity contribution in [3.8, 4) is 0 Å².